The lowest BCUT2D eigenvalue weighted by atomic mass is 10.00. The number of aliphatic hydroxyl groups excluding tert-OH is 1. The van der Waals surface area contributed by atoms with Gasteiger partial charge in [-0.2, -0.15) is 5.26 Å². The van der Waals surface area contributed by atoms with E-state index < -0.39 is 0 Å². The SMILES string of the molecule is N#CC(CN1CCN(CCO)CC1)c1ccccc1. The van der Waals surface area contributed by atoms with Crippen LogP contribution in [-0.4, -0.2) is 60.8 Å². The number of hydrogen-bond acceptors (Lipinski definition) is 4. The number of aliphatic hydroxyl groups is 1. The molecule has 1 aliphatic heterocycles. The standard InChI is InChI=1S/C15H21N3O/c16-12-15(14-4-2-1-3-5-14)13-18-8-6-17(7-9-18)10-11-19/h1-5,15,19H,6-11,13H2. The molecule has 1 heterocycles. The van der Waals surface area contributed by atoms with Crippen LogP contribution in [0.4, 0.5) is 0 Å². The highest BCUT2D eigenvalue weighted by Crippen LogP contribution is 2.17. The Kier molecular flexibility index (Phi) is 5.34. The molecule has 0 aliphatic carbocycles. The first kappa shape index (κ1) is 14.0. The van der Waals surface area contributed by atoms with Gasteiger partial charge >= 0.3 is 0 Å². The van der Waals surface area contributed by atoms with Crippen molar-refractivity contribution in [1.82, 2.24) is 9.80 Å². The highest BCUT2D eigenvalue weighted by atomic mass is 16.3. The number of nitrogens with zero attached hydrogens (tertiary/aromatic N) is 3. The van der Waals surface area contributed by atoms with Crippen LogP contribution >= 0.6 is 0 Å². The molecule has 1 unspecified atom stereocenters. The van der Waals surface area contributed by atoms with Crippen molar-refractivity contribution in [3.8, 4) is 6.07 Å². The van der Waals surface area contributed by atoms with E-state index in [0.717, 1.165) is 44.8 Å². The molecule has 0 saturated carbocycles. The van der Waals surface area contributed by atoms with Crippen LogP contribution in [0.2, 0.25) is 0 Å². The summed E-state index contributed by atoms with van der Waals surface area (Å²) < 4.78 is 0. The summed E-state index contributed by atoms with van der Waals surface area (Å²) in [6.07, 6.45) is 0. The van der Waals surface area contributed by atoms with Crippen molar-refractivity contribution >= 4 is 0 Å². The molecule has 2 rings (SSSR count). The van der Waals surface area contributed by atoms with Crippen molar-refractivity contribution in [2.45, 2.75) is 5.92 Å². The zero-order valence-electron chi connectivity index (χ0n) is 11.2. The fourth-order valence-electron chi connectivity index (χ4n) is 2.50. The lowest BCUT2D eigenvalue weighted by Crippen LogP contribution is -2.48. The van der Waals surface area contributed by atoms with Crippen LogP contribution < -0.4 is 0 Å². The van der Waals surface area contributed by atoms with Gasteiger partial charge in [-0.25, -0.2) is 0 Å². The first-order chi connectivity index (χ1) is 9.33. The molecule has 1 fully saturated rings. The predicted octanol–water partition coefficient (Wildman–Crippen LogP) is 0.904. The molecule has 1 atom stereocenters. The second-order valence-corrected chi connectivity index (χ2v) is 4.96. The summed E-state index contributed by atoms with van der Waals surface area (Å²) >= 11 is 0. The van der Waals surface area contributed by atoms with Crippen LogP contribution in [0.5, 0.6) is 0 Å². The maximum Gasteiger partial charge on any atom is 0.0839 e. The molecule has 102 valence electrons. The molecule has 1 aromatic carbocycles. The molecule has 4 heteroatoms. The van der Waals surface area contributed by atoms with Crippen molar-refractivity contribution in [3.63, 3.8) is 0 Å². The normalized spacial score (nSPS) is 18.9. The number of β-amino-alcohol motifs (C(OH)–C–C–N with tert-alkyl or cyclic N) is 1. The van der Waals surface area contributed by atoms with Gasteiger partial charge in [0, 0.05) is 39.3 Å². The fraction of sp³-hybridized carbons (Fsp3) is 0.533. The average molecular weight is 259 g/mol. The zero-order chi connectivity index (χ0) is 13.5. The second-order valence-electron chi connectivity index (χ2n) is 4.96. The Morgan fingerprint density at radius 2 is 1.74 bits per heavy atom. The van der Waals surface area contributed by atoms with E-state index in [2.05, 4.69) is 15.9 Å². The summed E-state index contributed by atoms with van der Waals surface area (Å²) in [5.74, 6) is -0.0504. The van der Waals surface area contributed by atoms with Gasteiger partial charge in [0.1, 0.15) is 0 Å². The summed E-state index contributed by atoms with van der Waals surface area (Å²) in [5, 5.41) is 18.2. The molecule has 1 saturated heterocycles. The molecule has 0 aromatic heterocycles. The van der Waals surface area contributed by atoms with Crippen molar-refractivity contribution in [2.24, 2.45) is 0 Å². The van der Waals surface area contributed by atoms with E-state index in [-0.39, 0.29) is 12.5 Å². The van der Waals surface area contributed by atoms with Crippen LogP contribution in [0.1, 0.15) is 11.5 Å². The monoisotopic (exact) mass is 259 g/mol. The number of nitriles is 1. The average Bonchev–Trinajstić information content (AvgIpc) is 2.48. The number of benzene rings is 1. The fourth-order valence-corrected chi connectivity index (χ4v) is 2.50. The van der Waals surface area contributed by atoms with E-state index in [4.69, 9.17) is 5.11 Å². The van der Waals surface area contributed by atoms with E-state index >= 15 is 0 Å². The molecule has 1 aliphatic rings. The molecule has 1 N–H and O–H groups in total. The molecule has 19 heavy (non-hydrogen) atoms. The van der Waals surface area contributed by atoms with Gasteiger partial charge in [0.2, 0.25) is 0 Å². The van der Waals surface area contributed by atoms with Crippen molar-refractivity contribution in [3.05, 3.63) is 35.9 Å². The summed E-state index contributed by atoms with van der Waals surface area (Å²) in [7, 11) is 0. The van der Waals surface area contributed by atoms with Crippen molar-refractivity contribution in [2.75, 3.05) is 45.9 Å². The van der Waals surface area contributed by atoms with E-state index in [0.29, 0.717) is 0 Å². The third kappa shape index (κ3) is 4.03. The van der Waals surface area contributed by atoms with Gasteiger partial charge in [0.25, 0.3) is 0 Å². The first-order valence-electron chi connectivity index (χ1n) is 6.83. The Morgan fingerprint density at radius 1 is 1.11 bits per heavy atom. The summed E-state index contributed by atoms with van der Waals surface area (Å²) in [6.45, 7) is 5.70. The Morgan fingerprint density at radius 3 is 2.32 bits per heavy atom. The number of hydrogen-bond donors (Lipinski definition) is 1. The second kappa shape index (κ2) is 7.25. The molecule has 1 aromatic rings. The Balaban J connectivity index is 1.86. The van der Waals surface area contributed by atoms with Gasteiger partial charge in [0.05, 0.1) is 18.6 Å². The van der Waals surface area contributed by atoms with Crippen LogP contribution in [0.25, 0.3) is 0 Å². The first-order valence-corrected chi connectivity index (χ1v) is 6.83. The highest BCUT2D eigenvalue weighted by molar-refractivity contribution is 5.25. The molecular formula is C15H21N3O. The lowest BCUT2D eigenvalue weighted by molar-refractivity contribution is 0.111. The summed E-state index contributed by atoms with van der Waals surface area (Å²) in [5.41, 5.74) is 1.10. The van der Waals surface area contributed by atoms with E-state index in [9.17, 15) is 5.26 Å². The molecule has 0 bridgehead atoms. The molecule has 0 spiro atoms. The van der Waals surface area contributed by atoms with Gasteiger partial charge in [-0.3, -0.25) is 9.80 Å². The lowest BCUT2D eigenvalue weighted by Gasteiger charge is -2.35. The maximum absolute atomic E-state index is 9.33. The zero-order valence-corrected chi connectivity index (χ0v) is 11.2. The minimum Gasteiger partial charge on any atom is -0.395 e. The van der Waals surface area contributed by atoms with Crippen LogP contribution in [0.3, 0.4) is 0 Å². The largest absolute Gasteiger partial charge is 0.395 e. The third-order valence-corrected chi connectivity index (χ3v) is 3.68. The minimum absolute atomic E-state index is 0.0504. The quantitative estimate of drug-likeness (QED) is 0.854. The predicted molar refractivity (Wildman–Crippen MR) is 74.8 cm³/mol. The van der Waals surface area contributed by atoms with E-state index in [1.165, 1.54) is 0 Å². The molecule has 4 nitrogen and oxygen atoms in total. The molecular weight excluding hydrogens is 238 g/mol. The third-order valence-electron chi connectivity index (χ3n) is 3.68. The molecule has 0 radical (unpaired) electrons. The van der Waals surface area contributed by atoms with Crippen molar-refractivity contribution < 1.29 is 5.11 Å². The van der Waals surface area contributed by atoms with Gasteiger partial charge in [0.15, 0.2) is 0 Å². The molecule has 0 amide bonds. The van der Waals surface area contributed by atoms with Crippen LogP contribution in [-0.2, 0) is 0 Å². The van der Waals surface area contributed by atoms with Gasteiger partial charge in [-0.15, -0.1) is 0 Å². The maximum atomic E-state index is 9.33. The van der Waals surface area contributed by atoms with Crippen molar-refractivity contribution in [1.29, 1.82) is 5.26 Å². The van der Waals surface area contributed by atoms with Gasteiger partial charge in [-0.05, 0) is 5.56 Å². The summed E-state index contributed by atoms with van der Waals surface area (Å²) in [6, 6.07) is 12.4. The summed E-state index contributed by atoms with van der Waals surface area (Å²) in [4.78, 5) is 4.61. The Bertz CT molecular complexity index is 407. The van der Waals surface area contributed by atoms with Crippen LogP contribution in [0.15, 0.2) is 30.3 Å². The minimum atomic E-state index is -0.0504. The topological polar surface area (TPSA) is 50.5 Å². The number of rotatable bonds is 5. The van der Waals surface area contributed by atoms with E-state index in [1.807, 2.05) is 30.3 Å². The van der Waals surface area contributed by atoms with E-state index in [1.54, 1.807) is 0 Å². The van der Waals surface area contributed by atoms with Crippen LogP contribution in [0, 0.1) is 11.3 Å². The van der Waals surface area contributed by atoms with Gasteiger partial charge in [-0.1, -0.05) is 30.3 Å². The highest BCUT2D eigenvalue weighted by Gasteiger charge is 2.20. The Hall–Kier alpha value is -1.41. The smallest absolute Gasteiger partial charge is 0.0839 e. The van der Waals surface area contributed by atoms with Gasteiger partial charge < -0.3 is 5.11 Å². The number of piperazine rings is 1. The Labute approximate surface area is 114 Å².